The molecule has 42 heavy (non-hydrogen) atoms. The van der Waals surface area contributed by atoms with Crippen LogP contribution in [0.4, 0.5) is 5.69 Å². The molecule has 1 aliphatic carbocycles. The van der Waals surface area contributed by atoms with Crippen LogP contribution in [0.5, 0.6) is 0 Å². The van der Waals surface area contributed by atoms with Crippen molar-refractivity contribution in [3.05, 3.63) is 137 Å². The van der Waals surface area contributed by atoms with E-state index in [9.17, 15) is 9.59 Å². The molecule has 3 N–H and O–H groups in total. The largest absolute Gasteiger partial charge is 0.366 e. The van der Waals surface area contributed by atoms with Crippen molar-refractivity contribution in [3.63, 3.8) is 0 Å². The number of carbonyl (C=O) groups is 2. The lowest BCUT2D eigenvalue weighted by atomic mass is 9.84. The van der Waals surface area contributed by atoms with E-state index in [1.165, 1.54) is 43.2 Å². The molecule has 7 heteroatoms. The maximum Gasteiger partial charge on any atom is 0.280 e. The van der Waals surface area contributed by atoms with Gasteiger partial charge in [0.05, 0.1) is 6.54 Å². The first-order valence-corrected chi connectivity index (χ1v) is 14.4. The summed E-state index contributed by atoms with van der Waals surface area (Å²) < 4.78 is 0. The number of nitrogens with zero attached hydrogens (tertiary/aromatic N) is 3. The lowest BCUT2D eigenvalue weighted by Gasteiger charge is -2.25. The summed E-state index contributed by atoms with van der Waals surface area (Å²) >= 11 is 0. The first-order valence-electron chi connectivity index (χ1n) is 14.4. The predicted molar refractivity (Wildman–Crippen MR) is 166 cm³/mol. The Balaban J connectivity index is 1.39. The smallest absolute Gasteiger partial charge is 0.280 e. The van der Waals surface area contributed by atoms with E-state index in [4.69, 9.17) is 11.3 Å². The van der Waals surface area contributed by atoms with Crippen molar-refractivity contribution in [3.8, 4) is 0 Å². The zero-order valence-corrected chi connectivity index (χ0v) is 23.6. The third-order valence-corrected chi connectivity index (χ3v) is 7.85. The average Bonchev–Trinajstić information content (AvgIpc) is 3.05. The topological polar surface area (TPSA) is 112 Å². The van der Waals surface area contributed by atoms with Crippen LogP contribution in [0.1, 0.15) is 81.0 Å². The number of anilines is 1. The van der Waals surface area contributed by atoms with Gasteiger partial charge in [-0.1, -0.05) is 86.0 Å². The van der Waals surface area contributed by atoms with Gasteiger partial charge in [0.25, 0.3) is 11.8 Å². The molecule has 0 aromatic heterocycles. The van der Waals surface area contributed by atoms with Crippen LogP contribution in [0.15, 0.2) is 113 Å². The molecule has 4 aromatic carbocycles. The molecule has 4 aromatic rings. The summed E-state index contributed by atoms with van der Waals surface area (Å²) in [6, 6.07) is 33.4. The number of hydrogen-bond acceptors (Lipinski definition) is 3. The second-order valence-electron chi connectivity index (χ2n) is 10.8. The maximum absolute atomic E-state index is 13.9. The number of amides is 2. The number of carbonyl (C=O) groups excluding carboxylic acids is 2. The van der Waals surface area contributed by atoms with E-state index < -0.39 is 11.9 Å². The predicted octanol–water partition coefficient (Wildman–Crippen LogP) is 7.66. The van der Waals surface area contributed by atoms with Crippen molar-refractivity contribution in [2.24, 2.45) is 15.8 Å². The zero-order chi connectivity index (χ0) is 29.3. The molecule has 0 atom stereocenters. The van der Waals surface area contributed by atoms with Crippen LogP contribution in [0, 0.1) is 5.53 Å². The normalized spacial score (nSPS) is 13.9. The van der Waals surface area contributed by atoms with Gasteiger partial charge >= 0.3 is 0 Å². The average molecular weight is 558 g/mol. The van der Waals surface area contributed by atoms with Crippen LogP contribution in [0.2, 0.25) is 0 Å². The molecule has 0 radical (unpaired) electrons. The van der Waals surface area contributed by atoms with Crippen LogP contribution in [0.3, 0.4) is 0 Å². The summed E-state index contributed by atoms with van der Waals surface area (Å²) in [5.41, 5.74) is 18.6. The Bertz CT molecular complexity index is 1540. The maximum atomic E-state index is 13.9. The minimum Gasteiger partial charge on any atom is -0.366 e. The fourth-order valence-corrected chi connectivity index (χ4v) is 5.52. The number of benzene rings is 4. The van der Waals surface area contributed by atoms with Gasteiger partial charge in [0.1, 0.15) is 0 Å². The second kappa shape index (κ2) is 13.6. The molecule has 5 rings (SSSR count). The molecular formula is C35H35N5O2. The Kier molecular flexibility index (Phi) is 9.29. The third kappa shape index (κ3) is 7.23. The van der Waals surface area contributed by atoms with Crippen molar-refractivity contribution in [1.29, 1.82) is 5.53 Å². The minimum absolute atomic E-state index is 0.0961. The molecule has 2 amide bonds. The van der Waals surface area contributed by atoms with E-state index in [1.807, 2.05) is 54.6 Å². The number of guanidine groups is 1. The van der Waals surface area contributed by atoms with Gasteiger partial charge in [-0.2, -0.15) is 4.99 Å². The molecule has 7 nitrogen and oxygen atoms in total. The van der Waals surface area contributed by atoms with Gasteiger partial charge < -0.3 is 10.6 Å². The Morgan fingerprint density at radius 1 is 0.738 bits per heavy atom. The molecule has 0 aliphatic heterocycles. The highest BCUT2D eigenvalue weighted by Crippen LogP contribution is 2.34. The fraction of sp³-hybridized carbons (Fsp3) is 0.229. The van der Waals surface area contributed by atoms with Gasteiger partial charge in [0.15, 0.2) is 0 Å². The zero-order valence-electron chi connectivity index (χ0n) is 23.6. The number of nitrogens with two attached hydrogens (primary N) is 1. The highest BCUT2D eigenvalue weighted by molar-refractivity contribution is 6.06. The van der Waals surface area contributed by atoms with Crippen molar-refractivity contribution in [2.75, 3.05) is 4.90 Å². The van der Waals surface area contributed by atoms with Crippen LogP contribution in [0.25, 0.3) is 0 Å². The molecular weight excluding hydrogens is 522 g/mol. The Morgan fingerprint density at radius 3 is 1.98 bits per heavy atom. The van der Waals surface area contributed by atoms with Gasteiger partial charge in [0, 0.05) is 16.8 Å². The Hall–Kier alpha value is -4.91. The lowest BCUT2D eigenvalue weighted by Crippen LogP contribution is -2.30. The van der Waals surface area contributed by atoms with Crippen molar-refractivity contribution >= 4 is 23.5 Å². The summed E-state index contributed by atoms with van der Waals surface area (Å²) in [5.74, 6) is -0.482. The number of nitrogens with one attached hydrogen (secondary N) is 1. The lowest BCUT2D eigenvalue weighted by molar-refractivity contribution is 0.0981. The first kappa shape index (κ1) is 28.6. The molecule has 1 aliphatic rings. The van der Waals surface area contributed by atoms with Gasteiger partial charge in [-0.3, -0.25) is 9.59 Å². The molecule has 0 bridgehead atoms. The quantitative estimate of drug-likeness (QED) is 0.132. The summed E-state index contributed by atoms with van der Waals surface area (Å²) in [4.78, 5) is 31.6. The standard InChI is InChI=1S/C35H35N5O2/c36-35(39-37)38-33(41)30-15-13-27(14-16-30)24-40(32-21-19-29(20-22-32)28-9-5-2-6-10-28)34(42)31-17-11-26(12-18-31)23-25-7-3-1-4-8-25/h1,3-4,7-8,11-22,28,37H,2,5-6,9-10,23-24H2,(H2,36,38,41). The molecule has 1 saturated carbocycles. The van der Waals surface area contributed by atoms with Gasteiger partial charge in [0.2, 0.25) is 5.96 Å². The van der Waals surface area contributed by atoms with E-state index in [1.54, 1.807) is 29.2 Å². The summed E-state index contributed by atoms with van der Waals surface area (Å²) in [7, 11) is 0. The van der Waals surface area contributed by atoms with E-state index in [0.29, 0.717) is 23.6 Å². The molecule has 0 saturated heterocycles. The van der Waals surface area contributed by atoms with Gasteiger partial charge in [-0.15, -0.1) is 5.11 Å². The number of hydrogen-bond donors (Lipinski definition) is 2. The van der Waals surface area contributed by atoms with Crippen LogP contribution >= 0.6 is 0 Å². The fourth-order valence-electron chi connectivity index (χ4n) is 5.52. The Labute approximate surface area is 246 Å². The number of rotatable bonds is 8. The van der Waals surface area contributed by atoms with Crippen LogP contribution in [-0.4, -0.2) is 17.8 Å². The minimum atomic E-state index is -0.572. The second-order valence-corrected chi connectivity index (χ2v) is 10.8. The van der Waals surface area contributed by atoms with Crippen molar-refractivity contribution in [2.45, 2.75) is 51.0 Å². The van der Waals surface area contributed by atoms with Crippen molar-refractivity contribution < 1.29 is 9.59 Å². The van der Waals surface area contributed by atoms with Crippen LogP contribution in [-0.2, 0) is 13.0 Å². The SMILES string of the molecule is N=NC(N)=NC(=O)c1ccc(CN(C(=O)c2ccc(Cc3ccccc3)cc2)c2ccc(C3CCCCC3)cc2)cc1. The summed E-state index contributed by atoms with van der Waals surface area (Å²) in [5, 5.41) is 2.97. The van der Waals surface area contributed by atoms with E-state index in [2.05, 4.69) is 34.4 Å². The van der Waals surface area contributed by atoms with E-state index in [0.717, 1.165) is 23.2 Å². The highest BCUT2D eigenvalue weighted by atomic mass is 16.2. The summed E-state index contributed by atoms with van der Waals surface area (Å²) in [6.45, 7) is 0.329. The molecule has 0 unspecified atom stereocenters. The van der Waals surface area contributed by atoms with Crippen molar-refractivity contribution in [1.82, 2.24) is 0 Å². The number of aliphatic imine (C=N–C) groups is 1. The molecule has 212 valence electrons. The molecule has 1 fully saturated rings. The molecule has 0 spiro atoms. The van der Waals surface area contributed by atoms with Gasteiger partial charge in [-0.25, -0.2) is 5.53 Å². The Morgan fingerprint density at radius 2 is 1.33 bits per heavy atom. The van der Waals surface area contributed by atoms with Crippen LogP contribution < -0.4 is 10.6 Å². The molecule has 0 heterocycles. The highest BCUT2D eigenvalue weighted by Gasteiger charge is 2.21. The summed E-state index contributed by atoms with van der Waals surface area (Å²) in [6.07, 6.45) is 7.09. The van der Waals surface area contributed by atoms with Gasteiger partial charge in [-0.05, 0) is 83.8 Å². The third-order valence-electron chi connectivity index (χ3n) is 7.85. The first-order chi connectivity index (χ1) is 20.5. The van der Waals surface area contributed by atoms with E-state index >= 15 is 0 Å². The van der Waals surface area contributed by atoms with E-state index in [-0.39, 0.29) is 5.91 Å². The monoisotopic (exact) mass is 557 g/mol.